The van der Waals surface area contributed by atoms with Crippen LogP contribution in [0.25, 0.3) is 0 Å². The number of rotatable bonds is 3. The monoisotopic (exact) mass is 328 g/mol. The Balaban J connectivity index is 1.85. The number of alkyl halides is 3. The molecule has 116 valence electrons. The maximum absolute atomic E-state index is 12.7. The average Bonchev–Trinajstić information content (AvgIpc) is 3.16. The van der Waals surface area contributed by atoms with E-state index in [1.54, 1.807) is 12.1 Å². The van der Waals surface area contributed by atoms with E-state index in [0.717, 1.165) is 17.0 Å². The largest absolute Gasteiger partial charge is 0.416 e. The summed E-state index contributed by atoms with van der Waals surface area (Å²) in [7, 11) is 0. The number of carbonyl (C=O) groups excluding carboxylic acids is 1. The van der Waals surface area contributed by atoms with Crippen molar-refractivity contribution in [2.24, 2.45) is 0 Å². The molecule has 1 fully saturated rings. The number of benzene rings is 1. The Labute approximate surface area is 128 Å². The molecule has 0 spiro atoms. The van der Waals surface area contributed by atoms with Gasteiger partial charge < -0.3 is 9.47 Å². The molecule has 0 amide bonds. The maximum Gasteiger partial charge on any atom is 0.416 e. The summed E-state index contributed by atoms with van der Waals surface area (Å²) in [6.07, 6.45) is -4.96. The fraction of sp³-hybridized carbons (Fsp3) is 0.267. The van der Waals surface area contributed by atoms with E-state index >= 15 is 0 Å². The number of carbonyl (C=O) groups is 1. The van der Waals surface area contributed by atoms with Gasteiger partial charge in [-0.15, -0.1) is 11.3 Å². The summed E-state index contributed by atoms with van der Waals surface area (Å²) in [5.41, 5.74) is -0.825. The summed E-state index contributed by atoms with van der Waals surface area (Å²) >= 11 is 1.17. The van der Waals surface area contributed by atoms with Gasteiger partial charge in [0.15, 0.2) is 6.29 Å². The van der Waals surface area contributed by atoms with Crippen molar-refractivity contribution in [1.29, 1.82) is 0 Å². The lowest BCUT2D eigenvalue weighted by molar-refractivity contribution is -0.137. The lowest BCUT2D eigenvalue weighted by Crippen LogP contribution is -2.07. The van der Waals surface area contributed by atoms with Crippen LogP contribution >= 0.6 is 11.3 Å². The summed E-state index contributed by atoms with van der Waals surface area (Å²) < 4.78 is 48.8. The quantitative estimate of drug-likeness (QED) is 0.798. The van der Waals surface area contributed by atoms with Crippen LogP contribution in [0.2, 0.25) is 0 Å². The van der Waals surface area contributed by atoms with Crippen LogP contribution in [0.4, 0.5) is 13.2 Å². The zero-order valence-electron chi connectivity index (χ0n) is 11.2. The predicted molar refractivity (Wildman–Crippen MR) is 73.8 cm³/mol. The molecule has 1 aliphatic heterocycles. The van der Waals surface area contributed by atoms with Gasteiger partial charge >= 0.3 is 6.18 Å². The standard InChI is InChI=1S/C15H11F3O3S/c16-15(17,18)10-3-1-2-9(8-10)13(19)11-4-5-12(22-11)14-20-6-7-21-14/h1-5,8,14H,6-7H2. The van der Waals surface area contributed by atoms with Gasteiger partial charge in [0.2, 0.25) is 5.78 Å². The van der Waals surface area contributed by atoms with E-state index in [1.807, 2.05) is 0 Å². The van der Waals surface area contributed by atoms with Gasteiger partial charge in [0.05, 0.1) is 28.5 Å². The molecule has 22 heavy (non-hydrogen) atoms. The summed E-state index contributed by atoms with van der Waals surface area (Å²) in [5.74, 6) is -0.444. The van der Waals surface area contributed by atoms with Gasteiger partial charge in [0, 0.05) is 5.56 Å². The molecule has 0 N–H and O–H groups in total. The van der Waals surface area contributed by atoms with Crippen molar-refractivity contribution in [3.63, 3.8) is 0 Å². The van der Waals surface area contributed by atoms with Crippen LogP contribution in [0.1, 0.15) is 32.0 Å². The zero-order valence-corrected chi connectivity index (χ0v) is 12.0. The van der Waals surface area contributed by atoms with Gasteiger partial charge in [-0.25, -0.2) is 0 Å². The van der Waals surface area contributed by atoms with Crippen molar-refractivity contribution in [3.05, 3.63) is 57.3 Å². The van der Waals surface area contributed by atoms with Crippen molar-refractivity contribution < 1.29 is 27.4 Å². The summed E-state index contributed by atoms with van der Waals surface area (Å²) in [6, 6.07) is 7.68. The molecule has 1 aromatic heterocycles. The van der Waals surface area contributed by atoms with Gasteiger partial charge in [0.25, 0.3) is 0 Å². The SMILES string of the molecule is O=C(c1cccc(C(F)(F)F)c1)c1ccc(C2OCCO2)s1. The fourth-order valence-electron chi connectivity index (χ4n) is 2.10. The molecule has 2 heterocycles. The third-order valence-electron chi connectivity index (χ3n) is 3.16. The highest BCUT2D eigenvalue weighted by Gasteiger charge is 2.31. The Morgan fingerprint density at radius 1 is 1.14 bits per heavy atom. The van der Waals surface area contributed by atoms with Crippen LogP contribution in [0.5, 0.6) is 0 Å². The van der Waals surface area contributed by atoms with Gasteiger partial charge in [-0.05, 0) is 24.3 Å². The highest BCUT2D eigenvalue weighted by atomic mass is 32.1. The van der Waals surface area contributed by atoms with E-state index in [1.165, 1.54) is 23.5 Å². The molecule has 0 radical (unpaired) electrons. The van der Waals surface area contributed by atoms with E-state index in [4.69, 9.17) is 9.47 Å². The number of hydrogen-bond donors (Lipinski definition) is 0. The Morgan fingerprint density at radius 2 is 1.86 bits per heavy atom. The molecule has 0 atom stereocenters. The average molecular weight is 328 g/mol. The first-order valence-electron chi connectivity index (χ1n) is 6.50. The molecular formula is C15H11F3O3S. The van der Waals surface area contributed by atoms with Crippen molar-refractivity contribution in [1.82, 2.24) is 0 Å². The third-order valence-corrected chi connectivity index (χ3v) is 4.26. The minimum atomic E-state index is -4.47. The molecule has 1 saturated heterocycles. The second kappa shape index (κ2) is 5.83. The fourth-order valence-corrected chi connectivity index (χ4v) is 3.07. The lowest BCUT2D eigenvalue weighted by Gasteiger charge is -2.07. The van der Waals surface area contributed by atoms with Crippen LogP contribution in [0.15, 0.2) is 36.4 Å². The first kappa shape index (κ1) is 15.2. The molecule has 0 saturated carbocycles. The van der Waals surface area contributed by atoms with Gasteiger partial charge in [-0.2, -0.15) is 13.2 Å². The second-order valence-corrected chi connectivity index (χ2v) is 5.80. The zero-order chi connectivity index (χ0) is 15.7. The van der Waals surface area contributed by atoms with Gasteiger partial charge in [0.1, 0.15) is 0 Å². The molecule has 1 aliphatic rings. The number of ether oxygens (including phenoxy) is 2. The first-order valence-corrected chi connectivity index (χ1v) is 7.32. The predicted octanol–water partition coefficient (Wildman–Crippen LogP) is 4.04. The van der Waals surface area contributed by atoms with Crippen molar-refractivity contribution >= 4 is 17.1 Å². The van der Waals surface area contributed by atoms with E-state index < -0.39 is 23.8 Å². The minimum absolute atomic E-state index is 0.0106. The van der Waals surface area contributed by atoms with Crippen LogP contribution in [-0.2, 0) is 15.7 Å². The molecule has 0 aliphatic carbocycles. The lowest BCUT2D eigenvalue weighted by atomic mass is 10.1. The number of ketones is 1. The van der Waals surface area contributed by atoms with Crippen LogP contribution < -0.4 is 0 Å². The molecule has 0 bridgehead atoms. The smallest absolute Gasteiger partial charge is 0.345 e. The van der Waals surface area contributed by atoms with Gasteiger partial charge in [-0.3, -0.25) is 4.79 Å². The number of hydrogen-bond acceptors (Lipinski definition) is 4. The summed E-state index contributed by atoms with van der Waals surface area (Å²) in [4.78, 5) is 13.4. The van der Waals surface area contributed by atoms with Crippen LogP contribution in [-0.4, -0.2) is 19.0 Å². The van der Waals surface area contributed by atoms with E-state index in [-0.39, 0.29) is 5.56 Å². The third kappa shape index (κ3) is 3.06. The second-order valence-electron chi connectivity index (χ2n) is 4.68. The Morgan fingerprint density at radius 3 is 2.55 bits per heavy atom. The highest BCUT2D eigenvalue weighted by Crippen LogP contribution is 2.32. The number of halogens is 3. The van der Waals surface area contributed by atoms with Gasteiger partial charge in [-0.1, -0.05) is 12.1 Å². The molecule has 7 heteroatoms. The molecule has 0 unspecified atom stereocenters. The van der Waals surface area contributed by atoms with E-state index in [0.29, 0.717) is 18.1 Å². The normalized spacial score (nSPS) is 16.1. The Kier molecular flexibility index (Phi) is 4.03. The van der Waals surface area contributed by atoms with Crippen LogP contribution in [0, 0.1) is 0 Å². The molecule has 3 rings (SSSR count). The Hall–Kier alpha value is -1.70. The highest BCUT2D eigenvalue weighted by molar-refractivity contribution is 7.14. The van der Waals surface area contributed by atoms with Crippen LogP contribution in [0.3, 0.4) is 0 Å². The molecular weight excluding hydrogens is 317 g/mol. The van der Waals surface area contributed by atoms with E-state index in [2.05, 4.69) is 0 Å². The molecule has 1 aromatic carbocycles. The molecule has 2 aromatic rings. The maximum atomic E-state index is 12.7. The summed E-state index contributed by atoms with van der Waals surface area (Å²) in [6.45, 7) is 0.971. The van der Waals surface area contributed by atoms with Crippen molar-refractivity contribution in [2.75, 3.05) is 13.2 Å². The van der Waals surface area contributed by atoms with Crippen molar-refractivity contribution in [2.45, 2.75) is 12.5 Å². The Bertz CT molecular complexity index is 687. The molecule has 3 nitrogen and oxygen atoms in total. The minimum Gasteiger partial charge on any atom is -0.345 e. The number of thiophene rings is 1. The van der Waals surface area contributed by atoms with E-state index in [9.17, 15) is 18.0 Å². The summed E-state index contributed by atoms with van der Waals surface area (Å²) in [5, 5.41) is 0. The first-order chi connectivity index (χ1) is 10.4. The van der Waals surface area contributed by atoms with Crippen molar-refractivity contribution in [3.8, 4) is 0 Å². The topological polar surface area (TPSA) is 35.5 Å².